The summed E-state index contributed by atoms with van der Waals surface area (Å²) in [7, 11) is 0. The van der Waals surface area contributed by atoms with E-state index < -0.39 is 6.04 Å². The highest BCUT2D eigenvalue weighted by Crippen LogP contribution is 2.38. The van der Waals surface area contributed by atoms with E-state index in [4.69, 9.17) is 16.7 Å². The number of phenols is 1. The van der Waals surface area contributed by atoms with Crippen LogP contribution < -0.4 is 10.6 Å². The fourth-order valence-electron chi connectivity index (χ4n) is 4.32. The van der Waals surface area contributed by atoms with Crippen molar-refractivity contribution in [3.8, 4) is 5.75 Å². The van der Waals surface area contributed by atoms with Crippen molar-refractivity contribution in [2.45, 2.75) is 37.7 Å². The second kappa shape index (κ2) is 10.3. The van der Waals surface area contributed by atoms with Crippen molar-refractivity contribution in [1.82, 2.24) is 14.8 Å². The zero-order valence-corrected chi connectivity index (χ0v) is 22.2. The summed E-state index contributed by atoms with van der Waals surface area (Å²) in [6.45, 7) is 5.84. The standard InChI is InChI=1S/C28H26ClN5O2S/c1-16-8-6-13-23(17(16)2)31-26(36)24-18(3)30-27-32-28(37-15-20-9-4-5-12-22(20)29)33-34(27)25(24)19-10-7-11-21(35)14-19/h4-14,25,35H,15H2,1-3H3,(H,31,36)(H,30,32,33). The summed E-state index contributed by atoms with van der Waals surface area (Å²) in [6, 6.07) is 19.8. The predicted molar refractivity (Wildman–Crippen MR) is 148 cm³/mol. The molecule has 7 nitrogen and oxygen atoms in total. The number of rotatable bonds is 6. The maximum Gasteiger partial charge on any atom is 0.255 e. The van der Waals surface area contributed by atoms with Crippen molar-refractivity contribution in [3.63, 3.8) is 0 Å². The minimum absolute atomic E-state index is 0.109. The number of halogens is 1. The lowest BCUT2D eigenvalue weighted by atomic mass is 9.94. The van der Waals surface area contributed by atoms with Gasteiger partial charge in [-0.2, -0.15) is 4.98 Å². The molecule has 4 aromatic rings. The zero-order valence-electron chi connectivity index (χ0n) is 20.6. The maximum atomic E-state index is 13.7. The van der Waals surface area contributed by atoms with E-state index in [0.717, 1.165) is 27.9 Å². The number of phenolic OH excluding ortho intramolecular Hbond substituents is 1. The van der Waals surface area contributed by atoms with Crippen molar-refractivity contribution in [2.75, 3.05) is 10.6 Å². The fraction of sp³-hybridized carbons (Fsp3) is 0.179. The number of amides is 1. The smallest absolute Gasteiger partial charge is 0.255 e. The molecule has 0 fully saturated rings. The normalized spacial score (nSPS) is 14.8. The molecule has 3 aromatic carbocycles. The minimum Gasteiger partial charge on any atom is -0.508 e. The summed E-state index contributed by atoms with van der Waals surface area (Å²) >= 11 is 7.79. The van der Waals surface area contributed by atoms with Crippen LogP contribution in [0.3, 0.4) is 0 Å². The van der Waals surface area contributed by atoms with Gasteiger partial charge in [0.2, 0.25) is 11.1 Å². The molecule has 5 rings (SSSR count). The lowest BCUT2D eigenvalue weighted by Crippen LogP contribution is -2.31. The number of thioether (sulfide) groups is 1. The summed E-state index contributed by atoms with van der Waals surface area (Å²) < 4.78 is 1.70. The van der Waals surface area contributed by atoms with Crippen LogP contribution in [0.15, 0.2) is 83.2 Å². The molecule has 0 radical (unpaired) electrons. The molecule has 0 saturated heterocycles. The summed E-state index contributed by atoms with van der Waals surface area (Å²) in [5.41, 5.74) is 5.72. The number of aromatic nitrogens is 3. The van der Waals surface area contributed by atoms with Gasteiger partial charge in [0.25, 0.3) is 5.91 Å². The maximum absolute atomic E-state index is 13.7. The van der Waals surface area contributed by atoms with Crippen LogP contribution in [0.5, 0.6) is 5.75 Å². The molecule has 1 aliphatic rings. The Morgan fingerprint density at radius 2 is 1.89 bits per heavy atom. The summed E-state index contributed by atoms with van der Waals surface area (Å²) in [5.74, 6) is 0.985. The summed E-state index contributed by atoms with van der Waals surface area (Å²) in [4.78, 5) is 18.4. The molecule has 188 valence electrons. The number of benzene rings is 3. The summed E-state index contributed by atoms with van der Waals surface area (Å²) in [6.07, 6.45) is 0. The van der Waals surface area contributed by atoms with Crippen molar-refractivity contribution in [3.05, 3.63) is 105 Å². The predicted octanol–water partition coefficient (Wildman–Crippen LogP) is 6.47. The number of hydrogen-bond donors (Lipinski definition) is 3. The molecule has 1 amide bonds. The average Bonchev–Trinajstić information content (AvgIpc) is 3.27. The Kier molecular flexibility index (Phi) is 6.95. The van der Waals surface area contributed by atoms with Gasteiger partial charge in [0.1, 0.15) is 11.8 Å². The quantitative estimate of drug-likeness (QED) is 0.247. The molecule has 9 heteroatoms. The number of aromatic hydroxyl groups is 1. The van der Waals surface area contributed by atoms with E-state index in [1.54, 1.807) is 22.9 Å². The van der Waals surface area contributed by atoms with Crippen LogP contribution in [-0.4, -0.2) is 25.8 Å². The van der Waals surface area contributed by atoms with Crippen LogP contribution in [0.4, 0.5) is 11.6 Å². The number of carbonyl (C=O) groups is 1. The Hall–Kier alpha value is -3.75. The number of anilines is 2. The number of hydrogen-bond acceptors (Lipinski definition) is 6. The van der Waals surface area contributed by atoms with Gasteiger partial charge in [-0.25, -0.2) is 4.68 Å². The highest BCUT2D eigenvalue weighted by molar-refractivity contribution is 7.98. The molecule has 0 aliphatic carbocycles. The molecule has 0 bridgehead atoms. The first kappa shape index (κ1) is 24.9. The van der Waals surface area contributed by atoms with Crippen LogP contribution >= 0.6 is 23.4 Å². The van der Waals surface area contributed by atoms with E-state index >= 15 is 0 Å². The van der Waals surface area contributed by atoms with Crippen LogP contribution in [0.1, 0.15) is 35.2 Å². The minimum atomic E-state index is -0.587. The third kappa shape index (κ3) is 5.08. The highest BCUT2D eigenvalue weighted by Gasteiger charge is 2.34. The molecule has 2 heterocycles. The lowest BCUT2D eigenvalue weighted by molar-refractivity contribution is -0.113. The topological polar surface area (TPSA) is 92.1 Å². The molecule has 3 N–H and O–H groups in total. The SMILES string of the molecule is CC1=C(C(=O)Nc2cccc(C)c2C)C(c2cccc(O)c2)n2nc(SCc3ccccc3Cl)nc2N1. The Balaban J connectivity index is 1.51. The summed E-state index contributed by atoms with van der Waals surface area (Å²) in [5, 5.41) is 22.6. The van der Waals surface area contributed by atoms with Gasteiger partial charge in [-0.3, -0.25) is 4.79 Å². The first-order chi connectivity index (χ1) is 17.8. The molecular formula is C28H26ClN5O2S. The van der Waals surface area contributed by atoms with E-state index in [-0.39, 0.29) is 11.7 Å². The van der Waals surface area contributed by atoms with E-state index in [9.17, 15) is 9.90 Å². The van der Waals surface area contributed by atoms with Gasteiger partial charge >= 0.3 is 0 Å². The Bertz CT molecular complexity index is 1530. The largest absolute Gasteiger partial charge is 0.508 e. The van der Waals surface area contributed by atoms with Gasteiger partial charge in [-0.05, 0) is 67.3 Å². The van der Waals surface area contributed by atoms with E-state index in [1.807, 2.05) is 69.3 Å². The van der Waals surface area contributed by atoms with Crippen LogP contribution in [0.25, 0.3) is 0 Å². The Morgan fingerprint density at radius 1 is 1.11 bits per heavy atom. The molecule has 1 atom stereocenters. The van der Waals surface area contributed by atoms with Gasteiger partial charge in [0.15, 0.2) is 0 Å². The molecule has 0 spiro atoms. The van der Waals surface area contributed by atoms with Crippen LogP contribution in [0, 0.1) is 13.8 Å². The molecular weight excluding hydrogens is 506 g/mol. The Labute approximate surface area is 224 Å². The monoisotopic (exact) mass is 531 g/mol. The van der Waals surface area contributed by atoms with E-state index in [0.29, 0.717) is 33.2 Å². The third-order valence-electron chi connectivity index (χ3n) is 6.43. The second-order valence-electron chi connectivity index (χ2n) is 8.91. The van der Waals surface area contributed by atoms with Crippen LogP contribution in [-0.2, 0) is 10.5 Å². The number of nitrogens with zero attached hydrogens (tertiary/aromatic N) is 3. The molecule has 1 unspecified atom stereocenters. The van der Waals surface area contributed by atoms with Crippen molar-refractivity contribution < 1.29 is 9.90 Å². The van der Waals surface area contributed by atoms with Gasteiger partial charge in [0.05, 0.1) is 5.57 Å². The number of carbonyl (C=O) groups excluding carboxylic acids is 1. The van der Waals surface area contributed by atoms with Gasteiger partial charge in [-0.1, -0.05) is 65.8 Å². The second-order valence-corrected chi connectivity index (χ2v) is 10.3. The van der Waals surface area contributed by atoms with Crippen molar-refractivity contribution >= 4 is 40.9 Å². The van der Waals surface area contributed by atoms with Gasteiger partial charge in [0, 0.05) is 22.2 Å². The van der Waals surface area contributed by atoms with E-state index in [2.05, 4.69) is 15.6 Å². The molecule has 37 heavy (non-hydrogen) atoms. The Morgan fingerprint density at radius 3 is 2.68 bits per heavy atom. The van der Waals surface area contributed by atoms with Crippen molar-refractivity contribution in [1.29, 1.82) is 0 Å². The van der Waals surface area contributed by atoms with Crippen molar-refractivity contribution in [2.24, 2.45) is 0 Å². The lowest BCUT2D eigenvalue weighted by Gasteiger charge is -2.29. The molecule has 1 aliphatic heterocycles. The van der Waals surface area contributed by atoms with Crippen LogP contribution in [0.2, 0.25) is 5.02 Å². The van der Waals surface area contributed by atoms with Gasteiger partial charge < -0.3 is 15.7 Å². The number of nitrogens with one attached hydrogen (secondary N) is 2. The molecule has 0 saturated carbocycles. The van der Waals surface area contributed by atoms with E-state index in [1.165, 1.54) is 11.8 Å². The molecule has 1 aromatic heterocycles. The third-order valence-corrected chi connectivity index (χ3v) is 7.69. The zero-order chi connectivity index (χ0) is 26.1. The first-order valence-corrected chi connectivity index (χ1v) is 13.1. The highest BCUT2D eigenvalue weighted by atomic mass is 35.5. The van der Waals surface area contributed by atoms with Gasteiger partial charge in [-0.15, -0.1) is 5.10 Å². The average molecular weight is 532 g/mol. The number of aryl methyl sites for hydroxylation is 1. The fourth-order valence-corrected chi connectivity index (χ4v) is 5.44. The first-order valence-electron chi connectivity index (χ1n) is 11.8. The number of allylic oxidation sites excluding steroid dienone is 1. The number of fused-ring (bicyclic) bond motifs is 1.